The number of anilines is 1. The molecule has 0 bridgehead atoms. The summed E-state index contributed by atoms with van der Waals surface area (Å²) in [6, 6.07) is 20.2. The molecule has 0 radical (unpaired) electrons. The first-order valence-electron chi connectivity index (χ1n) is 12.9. The molecule has 0 aliphatic carbocycles. The predicted octanol–water partition coefficient (Wildman–Crippen LogP) is 3.65. The molecule has 0 aromatic heterocycles. The molecule has 1 N–H and O–H groups in total. The second kappa shape index (κ2) is 13.1. The molecule has 11 heteroatoms. The van der Waals surface area contributed by atoms with Crippen molar-refractivity contribution in [1.82, 2.24) is 10.2 Å². The number of hydrogen-bond donors (Lipinski definition) is 1. The highest BCUT2D eigenvalue weighted by Gasteiger charge is 2.34. The molecule has 9 nitrogen and oxygen atoms in total. The van der Waals surface area contributed by atoms with E-state index in [4.69, 9.17) is 21.1 Å². The van der Waals surface area contributed by atoms with Gasteiger partial charge >= 0.3 is 0 Å². The summed E-state index contributed by atoms with van der Waals surface area (Å²) in [7, 11) is -2.40. The highest BCUT2D eigenvalue weighted by molar-refractivity contribution is 7.92. The maximum Gasteiger partial charge on any atom is 0.244 e. The summed E-state index contributed by atoms with van der Waals surface area (Å²) < 4.78 is 38.8. The second-order valence-electron chi connectivity index (χ2n) is 9.17. The average Bonchev–Trinajstić information content (AvgIpc) is 2.98. The van der Waals surface area contributed by atoms with Gasteiger partial charge in [-0.25, -0.2) is 8.42 Å². The molecule has 212 valence electrons. The Bertz CT molecular complexity index is 1450. The third-order valence-electron chi connectivity index (χ3n) is 6.61. The van der Waals surface area contributed by atoms with Gasteiger partial charge in [0.1, 0.15) is 25.8 Å². The molecule has 0 saturated carbocycles. The number of carbonyl (C=O) groups excluding carboxylic acids is 2. The maximum atomic E-state index is 14.1. The van der Waals surface area contributed by atoms with Gasteiger partial charge in [-0.3, -0.25) is 13.9 Å². The van der Waals surface area contributed by atoms with Crippen molar-refractivity contribution in [2.75, 3.05) is 36.9 Å². The summed E-state index contributed by atoms with van der Waals surface area (Å²) in [5.74, 6) is -0.280. The van der Waals surface area contributed by atoms with E-state index in [1.165, 1.54) is 18.9 Å². The number of rotatable bonds is 11. The van der Waals surface area contributed by atoms with Crippen molar-refractivity contribution >= 4 is 39.1 Å². The third kappa shape index (κ3) is 6.86. The Hall–Kier alpha value is -3.76. The van der Waals surface area contributed by atoms with Crippen LogP contribution in [0.15, 0.2) is 72.8 Å². The Kier molecular flexibility index (Phi) is 9.54. The van der Waals surface area contributed by atoms with Crippen LogP contribution in [0.4, 0.5) is 5.69 Å². The number of ether oxygens (including phenoxy) is 2. The Morgan fingerprint density at radius 1 is 0.975 bits per heavy atom. The zero-order chi connectivity index (χ0) is 28.7. The molecular weight excluding hydrogens is 554 g/mol. The largest absolute Gasteiger partial charge is 0.486 e. The van der Waals surface area contributed by atoms with Crippen molar-refractivity contribution < 1.29 is 27.5 Å². The number of hydrogen-bond acceptors (Lipinski definition) is 6. The number of halogens is 1. The van der Waals surface area contributed by atoms with E-state index in [2.05, 4.69) is 5.32 Å². The number of likely N-dealkylation sites (N-methyl/N-ethyl adjacent to an activating group) is 1. The van der Waals surface area contributed by atoms with Crippen molar-refractivity contribution in [3.63, 3.8) is 0 Å². The maximum absolute atomic E-state index is 14.1. The highest BCUT2D eigenvalue weighted by Crippen LogP contribution is 2.35. The number of sulfonamides is 1. The predicted molar refractivity (Wildman–Crippen MR) is 154 cm³/mol. The summed E-state index contributed by atoms with van der Waals surface area (Å²) in [6.07, 6.45) is 0.223. The zero-order valence-electron chi connectivity index (χ0n) is 22.4. The zero-order valence-corrected chi connectivity index (χ0v) is 24.0. The Balaban J connectivity index is 1.74. The van der Waals surface area contributed by atoms with Crippen LogP contribution in [0.25, 0.3) is 0 Å². The summed E-state index contributed by atoms with van der Waals surface area (Å²) >= 11 is 6.44. The van der Waals surface area contributed by atoms with Crippen molar-refractivity contribution in [1.29, 1.82) is 0 Å². The van der Waals surface area contributed by atoms with Crippen LogP contribution >= 0.6 is 11.6 Å². The molecule has 1 aliphatic heterocycles. The first kappa shape index (κ1) is 29.2. The topological polar surface area (TPSA) is 105 Å². The minimum atomic E-state index is -3.90. The van der Waals surface area contributed by atoms with Crippen LogP contribution in [-0.4, -0.2) is 63.7 Å². The van der Waals surface area contributed by atoms with E-state index in [1.54, 1.807) is 42.5 Å². The van der Waals surface area contributed by atoms with Crippen molar-refractivity contribution in [3.8, 4) is 11.5 Å². The first-order chi connectivity index (χ1) is 19.2. The monoisotopic (exact) mass is 585 g/mol. The molecule has 3 aromatic rings. The number of fused-ring (bicyclic) bond motifs is 1. The summed E-state index contributed by atoms with van der Waals surface area (Å²) in [6.45, 7) is 1.71. The molecule has 1 heterocycles. The van der Waals surface area contributed by atoms with Gasteiger partial charge in [0.25, 0.3) is 0 Å². The molecule has 0 saturated heterocycles. The Labute approximate surface area is 239 Å². The fourth-order valence-electron chi connectivity index (χ4n) is 4.44. The number of amides is 2. The molecule has 2 amide bonds. The van der Waals surface area contributed by atoms with Gasteiger partial charge in [0.2, 0.25) is 21.8 Å². The quantitative estimate of drug-likeness (QED) is 0.368. The van der Waals surface area contributed by atoms with E-state index in [-0.39, 0.29) is 30.3 Å². The highest BCUT2D eigenvalue weighted by atomic mass is 35.5. The SMILES string of the molecule is CCS(=O)(=O)N(CC(=O)N(Cc1ccccc1Cl)C(Cc1ccccc1)C(=O)NC)c1ccc2c(c1)OCCO2. The number of carbonyl (C=O) groups is 2. The van der Waals surface area contributed by atoms with Gasteiger partial charge < -0.3 is 19.7 Å². The van der Waals surface area contributed by atoms with Crippen LogP contribution in [0.5, 0.6) is 11.5 Å². The van der Waals surface area contributed by atoms with Gasteiger partial charge in [-0.2, -0.15) is 0 Å². The van der Waals surface area contributed by atoms with Crippen molar-refractivity contribution in [2.45, 2.75) is 25.9 Å². The normalized spacial score (nSPS) is 13.3. The van der Waals surface area contributed by atoms with Gasteiger partial charge in [0.05, 0.1) is 11.4 Å². The van der Waals surface area contributed by atoms with Crippen LogP contribution < -0.4 is 19.1 Å². The third-order valence-corrected chi connectivity index (χ3v) is 8.72. The summed E-state index contributed by atoms with van der Waals surface area (Å²) in [5, 5.41) is 3.08. The fourth-order valence-corrected chi connectivity index (χ4v) is 5.69. The van der Waals surface area contributed by atoms with Gasteiger partial charge in [-0.05, 0) is 36.2 Å². The minimum Gasteiger partial charge on any atom is -0.486 e. The van der Waals surface area contributed by atoms with E-state index in [0.29, 0.717) is 35.3 Å². The smallest absolute Gasteiger partial charge is 0.244 e. The van der Waals surface area contributed by atoms with E-state index in [9.17, 15) is 18.0 Å². The molecule has 1 unspecified atom stereocenters. The summed E-state index contributed by atoms with van der Waals surface area (Å²) in [5.41, 5.74) is 1.73. The molecule has 3 aromatic carbocycles. The lowest BCUT2D eigenvalue weighted by molar-refractivity contribution is -0.139. The molecule has 1 atom stereocenters. The first-order valence-corrected chi connectivity index (χ1v) is 14.9. The van der Waals surface area contributed by atoms with Crippen molar-refractivity contribution in [3.05, 3.63) is 88.9 Å². The van der Waals surface area contributed by atoms with Crippen LogP contribution in [0, 0.1) is 0 Å². The molecule has 4 rings (SSSR count). The average molecular weight is 586 g/mol. The van der Waals surface area contributed by atoms with Gasteiger partial charge in [-0.15, -0.1) is 0 Å². The second-order valence-corrected chi connectivity index (χ2v) is 11.8. The lowest BCUT2D eigenvalue weighted by Gasteiger charge is -2.34. The van der Waals surface area contributed by atoms with Gasteiger partial charge in [0, 0.05) is 31.1 Å². The molecule has 0 fully saturated rings. The van der Waals surface area contributed by atoms with E-state index in [0.717, 1.165) is 9.87 Å². The molecule has 1 aliphatic rings. The van der Waals surface area contributed by atoms with E-state index >= 15 is 0 Å². The molecule has 40 heavy (non-hydrogen) atoms. The van der Waals surface area contributed by atoms with E-state index in [1.807, 2.05) is 30.3 Å². The lowest BCUT2D eigenvalue weighted by atomic mass is 10.0. The van der Waals surface area contributed by atoms with Crippen LogP contribution in [0.1, 0.15) is 18.1 Å². The van der Waals surface area contributed by atoms with Gasteiger partial charge in [0.15, 0.2) is 11.5 Å². The lowest BCUT2D eigenvalue weighted by Crippen LogP contribution is -2.53. The fraction of sp³-hybridized carbons (Fsp3) is 0.310. The number of nitrogens with one attached hydrogen (secondary N) is 1. The number of benzene rings is 3. The van der Waals surface area contributed by atoms with Crippen LogP contribution in [0.3, 0.4) is 0 Å². The Morgan fingerprint density at radius 3 is 2.33 bits per heavy atom. The standard InChI is InChI=1S/C29H32ClN3O6S/c1-3-40(36,37)33(23-13-14-26-27(18-23)39-16-15-38-26)20-28(34)32(19-22-11-7-8-12-24(22)30)25(29(35)31-2)17-21-9-5-4-6-10-21/h4-14,18,25H,3,15-17,19-20H2,1-2H3,(H,31,35). The summed E-state index contributed by atoms with van der Waals surface area (Å²) in [4.78, 5) is 28.7. The van der Waals surface area contributed by atoms with E-state index < -0.39 is 28.5 Å². The minimum absolute atomic E-state index is 0.00454. The number of nitrogens with zero attached hydrogens (tertiary/aromatic N) is 2. The molecule has 0 spiro atoms. The van der Waals surface area contributed by atoms with Crippen LogP contribution in [0.2, 0.25) is 5.02 Å². The van der Waals surface area contributed by atoms with Crippen molar-refractivity contribution in [2.24, 2.45) is 0 Å². The van der Waals surface area contributed by atoms with Gasteiger partial charge in [-0.1, -0.05) is 60.1 Å². The van der Waals surface area contributed by atoms with Crippen LogP contribution in [-0.2, 0) is 32.6 Å². The Morgan fingerprint density at radius 2 is 1.65 bits per heavy atom. The molecular formula is C29H32ClN3O6S.